The molecule has 2 aliphatic rings. The lowest BCUT2D eigenvalue weighted by Crippen LogP contribution is -2.54. The molecular formula is C32H25N7O6S. The number of thiazole rings is 1. The van der Waals surface area contributed by atoms with Crippen molar-refractivity contribution in [3.63, 3.8) is 0 Å². The fourth-order valence-electron chi connectivity index (χ4n) is 5.80. The number of hydrogen-bond donors (Lipinski definition) is 3. The number of benzene rings is 2. The van der Waals surface area contributed by atoms with Crippen LogP contribution in [0.25, 0.3) is 21.9 Å². The summed E-state index contributed by atoms with van der Waals surface area (Å²) in [5.74, 6) is -3.17. The van der Waals surface area contributed by atoms with Gasteiger partial charge in [0.15, 0.2) is 0 Å². The Balaban J connectivity index is 0.953. The first-order valence-electron chi connectivity index (χ1n) is 14.4. The van der Waals surface area contributed by atoms with Crippen molar-refractivity contribution in [3.8, 4) is 0 Å². The predicted molar refractivity (Wildman–Crippen MR) is 165 cm³/mol. The highest BCUT2D eigenvalue weighted by Crippen LogP contribution is 2.29. The van der Waals surface area contributed by atoms with Gasteiger partial charge in [-0.2, -0.15) is 0 Å². The van der Waals surface area contributed by atoms with E-state index >= 15 is 0 Å². The Hall–Kier alpha value is -5.76. The van der Waals surface area contributed by atoms with Crippen LogP contribution in [-0.4, -0.2) is 60.9 Å². The van der Waals surface area contributed by atoms with Crippen LogP contribution in [0, 0.1) is 0 Å². The fraction of sp³-hybridized carbons (Fsp3) is 0.188. The summed E-state index contributed by atoms with van der Waals surface area (Å²) in [5.41, 5.74) is 2.56. The van der Waals surface area contributed by atoms with E-state index in [0.29, 0.717) is 10.7 Å². The second-order valence-corrected chi connectivity index (χ2v) is 11.8. The third kappa shape index (κ3) is 5.17. The van der Waals surface area contributed by atoms with Crippen molar-refractivity contribution < 1.29 is 28.8 Å². The number of pyridine rings is 1. The Bertz CT molecular complexity index is 2070. The smallest absolute Gasteiger partial charge is 0.262 e. The number of amides is 6. The van der Waals surface area contributed by atoms with Crippen molar-refractivity contribution in [2.75, 3.05) is 0 Å². The maximum absolute atomic E-state index is 13.1. The zero-order chi connectivity index (χ0) is 31.9. The van der Waals surface area contributed by atoms with E-state index in [1.807, 2.05) is 41.0 Å². The Morgan fingerprint density at radius 1 is 0.935 bits per heavy atom. The van der Waals surface area contributed by atoms with Crippen LogP contribution in [0.3, 0.4) is 0 Å². The third-order valence-electron chi connectivity index (χ3n) is 8.00. The molecule has 13 nitrogen and oxygen atoms in total. The molecule has 230 valence electrons. The first kappa shape index (κ1) is 29.0. The van der Waals surface area contributed by atoms with E-state index in [1.54, 1.807) is 11.6 Å². The number of imide groups is 2. The molecule has 6 amide bonds. The van der Waals surface area contributed by atoms with Gasteiger partial charge in [-0.05, 0) is 42.8 Å². The van der Waals surface area contributed by atoms with E-state index in [4.69, 9.17) is 0 Å². The van der Waals surface area contributed by atoms with Crippen molar-refractivity contribution in [3.05, 3.63) is 93.6 Å². The normalized spacial score (nSPS) is 16.2. The van der Waals surface area contributed by atoms with E-state index in [2.05, 4.69) is 25.9 Å². The van der Waals surface area contributed by atoms with Gasteiger partial charge in [-0.3, -0.25) is 39.0 Å². The first-order chi connectivity index (χ1) is 22.3. The molecule has 1 atom stereocenters. The summed E-state index contributed by atoms with van der Waals surface area (Å²) in [7, 11) is 0. The summed E-state index contributed by atoms with van der Waals surface area (Å²) in [6.07, 6.45) is 1.76. The zero-order valence-electron chi connectivity index (χ0n) is 24.1. The number of piperidine rings is 1. The average Bonchev–Trinajstić information content (AvgIpc) is 3.72. The molecule has 0 saturated carbocycles. The Labute approximate surface area is 264 Å². The maximum atomic E-state index is 13.1. The molecule has 0 aliphatic carbocycles. The molecule has 5 aromatic rings. The van der Waals surface area contributed by atoms with Gasteiger partial charge in [-0.25, -0.2) is 9.97 Å². The van der Waals surface area contributed by atoms with E-state index in [0.717, 1.165) is 26.8 Å². The summed E-state index contributed by atoms with van der Waals surface area (Å²) in [5, 5.41) is 12.2. The summed E-state index contributed by atoms with van der Waals surface area (Å²) in [6, 6.07) is 14.8. The Morgan fingerprint density at radius 3 is 2.59 bits per heavy atom. The van der Waals surface area contributed by atoms with Gasteiger partial charge in [-0.1, -0.05) is 18.2 Å². The highest BCUT2D eigenvalue weighted by molar-refractivity contribution is 7.09. The predicted octanol–water partition coefficient (Wildman–Crippen LogP) is 2.29. The van der Waals surface area contributed by atoms with Gasteiger partial charge in [0.25, 0.3) is 17.7 Å². The zero-order valence-corrected chi connectivity index (χ0v) is 24.9. The molecule has 2 aliphatic heterocycles. The third-order valence-corrected chi connectivity index (χ3v) is 8.89. The molecule has 5 heterocycles. The average molecular weight is 636 g/mol. The van der Waals surface area contributed by atoms with Crippen LogP contribution in [0.4, 0.5) is 0 Å². The molecule has 0 radical (unpaired) electrons. The van der Waals surface area contributed by atoms with Crippen molar-refractivity contribution in [1.29, 1.82) is 0 Å². The Morgan fingerprint density at radius 2 is 1.74 bits per heavy atom. The minimum Gasteiger partial charge on any atom is -0.349 e. The van der Waals surface area contributed by atoms with Crippen molar-refractivity contribution >= 4 is 68.7 Å². The number of para-hydroxylation sites is 1. The lowest BCUT2D eigenvalue weighted by atomic mass is 10.0. The van der Waals surface area contributed by atoms with Crippen LogP contribution in [0.5, 0.6) is 0 Å². The van der Waals surface area contributed by atoms with E-state index in [1.165, 1.54) is 29.5 Å². The van der Waals surface area contributed by atoms with Crippen LogP contribution in [0.1, 0.15) is 54.6 Å². The molecule has 2 aromatic carbocycles. The number of nitrogens with zero attached hydrogens (tertiary/aromatic N) is 4. The second kappa shape index (κ2) is 11.6. The molecule has 0 spiro atoms. The first-order valence-corrected chi connectivity index (χ1v) is 15.3. The number of aromatic nitrogens is 3. The lowest BCUT2D eigenvalue weighted by Gasteiger charge is -2.27. The van der Waals surface area contributed by atoms with Crippen molar-refractivity contribution in [2.45, 2.75) is 38.5 Å². The minimum atomic E-state index is -1.09. The molecule has 1 fully saturated rings. The van der Waals surface area contributed by atoms with E-state index < -0.39 is 35.6 Å². The number of carbonyl (C=O) groups excluding carboxylic acids is 6. The quantitative estimate of drug-likeness (QED) is 0.218. The molecule has 7 rings (SSSR count). The number of hydrogen-bond acceptors (Lipinski definition) is 9. The van der Waals surface area contributed by atoms with Crippen molar-refractivity contribution in [1.82, 2.24) is 35.4 Å². The van der Waals surface area contributed by atoms with Gasteiger partial charge >= 0.3 is 0 Å². The van der Waals surface area contributed by atoms with E-state index in [-0.39, 0.29) is 55.1 Å². The molecule has 3 aromatic heterocycles. The highest BCUT2D eigenvalue weighted by Gasteiger charge is 2.44. The topological polar surface area (TPSA) is 172 Å². The molecule has 14 heteroatoms. The van der Waals surface area contributed by atoms with Crippen LogP contribution in [-0.2, 0) is 34.0 Å². The van der Waals surface area contributed by atoms with Crippen LogP contribution >= 0.6 is 11.3 Å². The van der Waals surface area contributed by atoms with Gasteiger partial charge in [0.2, 0.25) is 17.7 Å². The van der Waals surface area contributed by atoms with Crippen LogP contribution < -0.4 is 16.0 Å². The largest absolute Gasteiger partial charge is 0.349 e. The molecule has 46 heavy (non-hydrogen) atoms. The number of nitrogens with one attached hydrogen (secondary N) is 3. The van der Waals surface area contributed by atoms with Gasteiger partial charge in [0.1, 0.15) is 23.2 Å². The van der Waals surface area contributed by atoms with Crippen LogP contribution in [0.15, 0.2) is 66.2 Å². The van der Waals surface area contributed by atoms with Gasteiger partial charge in [-0.15, -0.1) is 11.3 Å². The standard InChI is InChI=1S/C32H25N7O6S/c40-25-10-9-24(30(43)37-25)39-31(44)21-8-7-17(12-22(21)32(39)45)29(42)35-14-27-36-18(16-46-27)13-34-26(41)15-38-23-6-2-1-4-19(23)20-5-3-11-33-28(20)38/h1-8,11-12,16,24H,9-10,13-15H2,(H,34,41)(H,35,42)(H,37,40,43). The minimum absolute atomic E-state index is 0.0165. The van der Waals surface area contributed by atoms with Gasteiger partial charge in [0, 0.05) is 34.3 Å². The molecule has 1 unspecified atom stereocenters. The van der Waals surface area contributed by atoms with E-state index in [9.17, 15) is 28.8 Å². The molecule has 3 N–H and O–H groups in total. The van der Waals surface area contributed by atoms with Crippen molar-refractivity contribution in [2.24, 2.45) is 0 Å². The second-order valence-electron chi connectivity index (χ2n) is 10.9. The monoisotopic (exact) mass is 635 g/mol. The molecule has 0 bridgehead atoms. The number of rotatable bonds is 8. The molecule has 1 saturated heterocycles. The highest BCUT2D eigenvalue weighted by atomic mass is 32.1. The van der Waals surface area contributed by atoms with Gasteiger partial charge < -0.3 is 15.2 Å². The SMILES string of the molecule is O=C(Cn1c2ccccc2c2cccnc21)NCc1csc(CNC(=O)c2ccc3c(c2)C(=O)N(C2CCC(=O)NC2=O)C3=O)n1. The number of carbonyl (C=O) groups is 6. The Kier molecular flexibility index (Phi) is 7.33. The van der Waals surface area contributed by atoms with Crippen LogP contribution in [0.2, 0.25) is 0 Å². The van der Waals surface area contributed by atoms with Gasteiger partial charge in [0.05, 0.1) is 35.4 Å². The lowest BCUT2D eigenvalue weighted by molar-refractivity contribution is -0.136. The summed E-state index contributed by atoms with van der Waals surface area (Å²) in [6.45, 7) is 0.406. The fourth-order valence-corrected chi connectivity index (χ4v) is 6.54. The number of fused-ring (bicyclic) bond motifs is 4. The molecular weight excluding hydrogens is 610 g/mol. The summed E-state index contributed by atoms with van der Waals surface area (Å²) < 4.78 is 1.89. The summed E-state index contributed by atoms with van der Waals surface area (Å²) in [4.78, 5) is 85.4. The summed E-state index contributed by atoms with van der Waals surface area (Å²) >= 11 is 1.33. The maximum Gasteiger partial charge on any atom is 0.262 e.